The number of para-hydroxylation sites is 2. The van der Waals surface area contributed by atoms with E-state index in [2.05, 4.69) is 10.1 Å². The Hall–Kier alpha value is -1.89. The number of hydrogen-bond acceptors (Lipinski definition) is 3. The van der Waals surface area contributed by atoms with Gasteiger partial charge in [0.05, 0.1) is 5.69 Å². The maximum absolute atomic E-state index is 12.4. The highest BCUT2D eigenvalue weighted by molar-refractivity contribution is 5.91. The van der Waals surface area contributed by atoms with Crippen molar-refractivity contribution in [3.8, 4) is 5.75 Å². The number of nitrogens with one attached hydrogen (secondary N) is 1. The third-order valence-corrected chi connectivity index (χ3v) is 4.29. The molecule has 1 aromatic carbocycles. The second-order valence-corrected chi connectivity index (χ2v) is 5.77. The lowest BCUT2D eigenvalue weighted by molar-refractivity contribution is -0.0493. The van der Waals surface area contributed by atoms with Crippen LogP contribution in [0.4, 0.5) is 19.3 Å². The van der Waals surface area contributed by atoms with Gasteiger partial charge in [-0.05, 0) is 43.7 Å². The van der Waals surface area contributed by atoms with Crippen molar-refractivity contribution in [2.24, 2.45) is 5.92 Å². The largest absolute Gasteiger partial charge is 0.433 e. The van der Waals surface area contributed by atoms with Gasteiger partial charge in [0.25, 0.3) is 0 Å². The first-order chi connectivity index (χ1) is 11.0. The number of benzene rings is 1. The van der Waals surface area contributed by atoms with Crippen molar-refractivity contribution in [1.82, 2.24) is 4.90 Å². The fraction of sp³-hybridized carbons (Fsp3) is 0.562. The zero-order valence-electron chi connectivity index (χ0n) is 13.0. The van der Waals surface area contributed by atoms with E-state index in [-0.39, 0.29) is 30.1 Å². The van der Waals surface area contributed by atoms with E-state index in [0.717, 1.165) is 25.7 Å². The molecule has 0 saturated heterocycles. The SMILES string of the molecule is CN(C(=O)Nc1ccccc1OC(F)F)C1CCC(CO)CC1. The van der Waals surface area contributed by atoms with Gasteiger partial charge in [-0.2, -0.15) is 8.78 Å². The average Bonchev–Trinajstić information content (AvgIpc) is 2.55. The molecule has 7 heteroatoms. The van der Waals surface area contributed by atoms with E-state index in [0.29, 0.717) is 5.92 Å². The summed E-state index contributed by atoms with van der Waals surface area (Å²) in [7, 11) is 1.69. The van der Waals surface area contributed by atoms with Crippen LogP contribution in [0.2, 0.25) is 0 Å². The highest BCUT2D eigenvalue weighted by atomic mass is 19.3. The van der Waals surface area contributed by atoms with E-state index in [1.165, 1.54) is 12.1 Å². The van der Waals surface area contributed by atoms with Crippen molar-refractivity contribution < 1.29 is 23.4 Å². The molecule has 2 amide bonds. The van der Waals surface area contributed by atoms with Gasteiger partial charge < -0.3 is 20.1 Å². The monoisotopic (exact) mass is 328 g/mol. The zero-order chi connectivity index (χ0) is 16.8. The van der Waals surface area contributed by atoms with Crippen LogP contribution in [0.15, 0.2) is 24.3 Å². The predicted octanol–water partition coefficient (Wildman–Crippen LogP) is 3.30. The van der Waals surface area contributed by atoms with E-state index >= 15 is 0 Å². The Balaban J connectivity index is 1.96. The fourth-order valence-corrected chi connectivity index (χ4v) is 2.85. The van der Waals surface area contributed by atoms with Gasteiger partial charge in [0, 0.05) is 19.7 Å². The third-order valence-electron chi connectivity index (χ3n) is 4.29. The molecule has 2 rings (SSSR count). The smallest absolute Gasteiger partial charge is 0.387 e. The molecule has 0 aromatic heterocycles. The van der Waals surface area contributed by atoms with Crippen molar-refractivity contribution in [2.75, 3.05) is 19.0 Å². The zero-order valence-corrected chi connectivity index (χ0v) is 13.0. The highest BCUT2D eigenvalue weighted by Gasteiger charge is 2.26. The number of hydrogen-bond donors (Lipinski definition) is 2. The summed E-state index contributed by atoms with van der Waals surface area (Å²) in [6, 6.07) is 5.83. The summed E-state index contributed by atoms with van der Waals surface area (Å²) in [6.07, 6.45) is 3.41. The Kier molecular flexibility index (Phi) is 6.15. The molecule has 1 saturated carbocycles. The summed E-state index contributed by atoms with van der Waals surface area (Å²) in [5.74, 6) is 0.246. The quantitative estimate of drug-likeness (QED) is 0.872. The first-order valence-electron chi connectivity index (χ1n) is 7.69. The van der Waals surface area contributed by atoms with Gasteiger partial charge in [0.2, 0.25) is 0 Å². The number of aliphatic hydroxyl groups is 1. The minimum absolute atomic E-state index is 0.0618. The summed E-state index contributed by atoms with van der Waals surface area (Å²) in [6.45, 7) is -2.76. The van der Waals surface area contributed by atoms with Crippen LogP contribution in [0.25, 0.3) is 0 Å². The molecule has 0 heterocycles. The number of ether oxygens (including phenoxy) is 1. The summed E-state index contributed by atoms with van der Waals surface area (Å²) in [5.41, 5.74) is 0.216. The lowest BCUT2D eigenvalue weighted by atomic mass is 9.86. The van der Waals surface area contributed by atoms with Gasteiger partial charge in [-0.15, -0.1) is 0 Å². The number of anilines is 1. The Bertz CT molecular complexity index is 520. The first kappa shape index (κ1) is 17.5. The van der Waals surface area contributed by atoms with E-state index in [1.807, 2.05) is 0 Å². The van der Waals surface area contributed by atoms with Crippen molar-refractivity contribution in [3.63, 3.8) is 0 Å². The van der Waals surface area contributed by atoms with Crippen LogP contribution in [0.1, 0.15) is 25.7 Å². The molecule has 23 heavy (non-hydrogen) atoms. The van der Waals surface area contributed by atoms with Crippen molar-refractivity contribution in [1.29, 1.82) is 0 Å². The van der Waals surface area contributed by atoms with Gasteiger partial charge in [-0.1, -0.05) is 12.1 Å². The maximum Gasteiger partial charge on any atom is 0.387 e. The molecule has 0 unspecified atom stereocenters. The maximum atomic E-state index is 12.4. The fourth-order valence-electron chi connectivity index (χ4n) is 2.85. The molecule has 5 nitrogen and oxygen atoms in total. The molecule has 0 bridgehead atoms. The van der Waals surface area contributed by atoms with Crippen molar-refractivity contribution in [2.45, 2.75) is 38.3 Å². The predicted molar refractivity (Wildman–Crippen MR) is 82.7 cm³/mol. The highest BCUT2D eigenvalue weighted by Crippen LogP contribution is 2.29. The van der Waals surface area contributed by atoms with E-state index < -0.39 is 6.61 Å². The van der Waals surface area contributed by atoms with Gasteiger partial charge >= 0.3 is 12.6 Å². The minimum Gasteiger partial charge on any atom is -0.433 e. The van der Waals surface area contributed by atoms with Gasteiger partial charge in [0.15, 0.2) is 0 Å². The normalized spacial score (nSPS) is 21.1. The van der Waals surface area contributed by atoms with Crippen molar-refractivity contribution in [3.05, 3.63) is 24.3 Å². The molecule has 1 aromatic rings. The van der Waals surface area contributed by atoms with E-state index in [9.17, 15) is 13.6 Å². The van der Waals surface area contributed by atoms with E-state index in [1.54, 1.807) is 24.1 Å². The second kappa shape index (κ2) is 8.10. The van der Waals surface area contributed by atoms with Gasteiger partial charge in [-0.25, -0.2) is 4.79 Å². The van der Waals surface area contributed by atoms with E-state index in [4.69, 9.17) is 5.11 Å². The summed E-state index contributed by atoms with van der Waals surface area (Å²) < 4.78 is 29.2. The van der Waals surface area contributed by atoms with Crippen LogP contribution >= 0.6 is 0 Å². The third kappa shape index (κ3) is 4.79. The number of urea groups is 1. The van der Waals surface area contributed by atoms with Crippen LogP contribution in [0.3, 0.4) is 0 Å². The topological polar surface area (TPSA) is 61.8 Å². The molecule has 0 aliphatic heterocycles. The number of carbonyl (C=O) groups excluding carboxylic acids is 1. The van der Waals surface area contributed by atoms with Gasteiger partial charge in [-0.3, -0.25) is 0 Å². The Morgan fingerprint density at radius 1 is 1.35 bits per heavy atom. The standard InChI is InChI=1S/C16H22F2N2O3/c1-20(12-8-6-11(10-21)7-9-12)16(22)19-13-4-2-3-5-14(13)23-15(17)18/h2-5,11-12,15,21H,6-10H2,1H3,(H,19,22). The molecule has 128 valence electrons. The average molecular weight is 328 g/mol. The summed E-state index contributed by atoms with van der Waals surface area (Å²) in [4.78, 5) is 13.9. The molecule has 1 aliphatic carbocycles. The summed E-state index contributed by atoms with van der Waals surface area (Å²) in [5, 5.41) is 11.8. The van der Waals surface area contributed by atoms with Crippen LogP contribution in [0, 0.1) is 5.92 Å². The van der Waals surface area contributed by atoms with Crippen LogP contribution in [-0.4, -0.2) is 42.3 Å². The number of halogens is 2. The Labute approximate surface area is 134 Å². The first-order valence-corrected chi connectivity index (χ1v) is 7.69. The number of aliphatic hydroxyl groups excluding tert-OH is 1. The number of carbonyl (C=O) groups is 1. The molecule has 1 fully saturated rings. The number of rotatable bonds is 5. The Morgan fingerprint density at radius 2 is 2.00 bits per heavy atom. The lowest BCUT2D eigenvalue weighted by Crippen LogP contribution is -2.42. The molecular weight excluding hydrogens is 306 g/mol. The number of alkyl halides is 2. The molecule has 0 atom stereocenters. The van der Waals surface area contributed by atoms with Crippen molar-refractivity contribution >= 4 is 11.7 Å². The summed E-state index contributed by atoms with van der Waals surface area (Å²) >= 11 is 0. The Morgan fingerprint density at radius 3 is 2.61 bits per heavy atom. The van der Waals surface area contributed by atoms with Gasteiger partial charge in [0.1, 0.15) is 5.75 Å². The number of amides is 2. The van der Waals surface area contributed by atoms with Crippen LogP contribution < -0.4 is 10.1 Å². The molecule has 1 aliphatic rings. The molecule has 0 spiro atoms. The molecule has 2 N–H and O–H groups in total. The minimum atomic E-state index is -2.94. The lowest BCUT2D eigenvalue weighted by Gasteiger charge is -2.34. The molecular formula is C16H22F2N2O3. The second-order valence-electron chi connectivity index (χ2n) is 5.77. The van der Waals surface area contributed by atoms with Crippen LogP contribution in [0.5, 0.6) is 5.75 Å². The van der Waals surface area contributed by atoms with Crippen LogP contribution in [-0.2, 0) is 0 Å². The molecule has 0 radical (unpaired) electrons. The number of nitrogens with zero attached hydrogens (tertiary/aromatic N) is 1.